The highest BCUT2D eigenvalue weighted by atomic mass is 16.6. The molecule has 0 saturated heterocycles. The van der Waals surface area contributed by atoms with Crippen molar-refractivity contribution >= 4 is 28.1 Å². The summed E-state index contributed by atoms with van der Waals surface area (Å²) in [6.07, 6.45) is 0. The van der Waals surface area contributed by atoms with Gasteiger partial charge < -0.3 is 10.2 Å². The number of anilines is 1. The van der Waals surface area contributed by atoms with Crippen molar-refractivity contribution in [3.05, 3.63) is 70.0 Å². The second-order valence-corrected chi connectivity index (χ2v) is 4.44. The first-order valence-electron chi connectivity index (χ1n) is 6.14. The Morgan fingerprint density at radius 3 is 2.48 bits per heavy atom. The van der Waals surface area contributed by atoms with Gasteiger partial charge in [0.1, 0.15) is 11.1 Å². The maximum Gasteiger partial charge on any atom is 0.280 e. The maximum atomic E-state index is 12.5. The molecule has 3 rings (SSSR count). The predicted molar refractivity (Wildman–Crippen MR) is 77.2 cm³/mol. The van der Waals surface area contributed by atoms with Crippen LogP contribution in [0.2, 0.25) is 0 Å². The third kappa shape index (κ3) is 2.02. The molecule has 21 heavy (non-hydrogen) atoms. The summed E-state index contributed by atoms with van der Waals surface area (Å²) in [5.41, 5.74) is 6.25. The normalized spacial score (nSPS) is 10.7. The van der Waals surface area contributed by atoms with E-state index in [-0.39, 0.29) is 22.7 Å². The molecule has 2 aromatic carbocycles. The Kier molecular flexibility index (Phi) is 2.91. The fourth-order valence-electron chi connectivity index (χ4n) is 2.18. The van der Waals surface area contributed by atoms with Crippen LogP contribution >= 0.6 is 0 Å². The SMILES string of the molecule is Nc1c(C(=O)c2ccccc2[N+](=O)[O-])oc2ccccc12. The summed E-state index contributed by atoms with van der Waals surface area (Å²) in [6.45, 7) is 0. The lowest BCUT2D eigenvalue weighted by Gasteiger charge is -2.00. The number of nitrogens with two attached hydrogens (primary N) is 1. The lowest BCUT2D eigenvalue weighted by molar-refractivity contribution is -0.385. The average molecular weight is 282 g/mol. The van der Waals surface area contributed by atoms with Crippen LogP contribution in [-0.2, 0) is 0 Å². The Bertz CT molecular complexity index is 867. The zero-order valence-electron chi connectivity index (χ0n) is 10.8. The van der Waals surface area contributed by atoms with E-state index >= 15 is 0 Å². The van der Waals surface area contributed by atoms with Crippen molar-refractivity contribution in [3.8, 4) is 0 Å². The number of benzene rings is 2. The third-order valence-electron chi connectivity index (χ3n) is 3.19. The van der Waals surface area contributed by atoms with Gasteiger partial charge in [-0.05, 0) is 18.2 Å². The van der Waals surface area contributed by atoms with Crippen molar-refractivity contribution in [1.82, 2.24) is 0 Å². The molecule has 0 bridgehead atoms. The molecule has 3 aromatic rings. The number of para-hydroxylation sites is 2. The number of hydrogen-bond acceptors (Lipinski definition) is 5. The Labute approximate surface area is 118 Å². The van der Waals surface area contributed by atoms with Crippen molar-refractivity contribution in [2.45, 2.75) is 0 Å². The van der Waals surface area contributed by atoms with Crippen LogP contribution in [0.15, 0.2) is 52.9 Å². The van der Waals surface area contributed by atoms with E-state index in [1.165, 1.54) is 18.2 Å². The van der Waals surface area contributed by atoms with Crippen LogP contribution in [0, 0.1) is 10.1 Å². The number of fused-ring (bicyclic) bond motifs is 1. The van der Waals surface area contributed by atoms with Crippen LogP contribution in [0.3, 0.4) is 0 Å². The number of carbonyl (C=O) groups excluding carboxylic acids is 1. The molecule has 0 atom stereocenters. The zero-order chi connectivity index (χ0) is 15.0. The molecule has 0 aliphatic heterocycles. The van der Waals surface area contributed by atoms with Gasteiger partial charge in [0.25, 0.3) is 5.69 Å². The Morgan fingerprint density at radius 1 is 1.10 bits per heavy atom. The van der Waals surface area contributed by atoms with Crippen molar-refractivity contribution in [2.24, 2.45) is 0 Å². The van der Waals surface area contributed by atoms with Gasteiger partial charge in [0.05, 0.1) is 10.6 Å². The first-order chi connectivity index (χ1) is 10.1. The number of rotatable bonds is 3. The molecule has 0 radical (unpaired) electrons. The number of nitrogens with zero attached hydrogens (tertiary/aromatic N) is 1. The van der Waals surface area contributed by atoms with Gasteiger partial charge in [0, 0.05) is 11.5 Å². The molecule has 1 aromatic heterocycles. The Morgan fingerprint density at radius 2 is 1.76 bits per heavy atom. The van der Waals surface area contributed by atoms with Gasteiger partial charge in [-0.25, -0.2) is 0 Å². The molecule has 104 valence electrons. The molecule has 0 amide bonds. The van der Waals surface area contributed by atoms with Crippen LogP contribution < -0.4 is 5.73 Å². The molecule has 0 saturated carbocycles. The first-order valence-corrected chi connectivity index (χ1v) is 6.14. The minimum Gasteiger partial charge on any atom is -0.450 e. The summed E-state index contributed by atoms with van der Waals surface area (Å²) in [5.74, 6) is -0.679. The maximum absolute atomic E-state index is 12.5. The molecule has 6 nitrogen and oxygen atoms in total. The molecule has 0 unspecified atom stereocenters. The van der Waals surface area contributed by atoms with Crippen molar-refractivity contribution in [3.63, 3.8) is 0 Å². The largest absolute Gasteiger partial charge is 0.450 e. The standard InChI is InChI=1S/C15H10N2O4/c16-13-10-6-2-4-8-12(10)21-15(13)14(18)9-5-1-3-7-11(9)17(19)20/h1-8H,16H2. The van der Waals surface area contributed by atoms with Crippen LogP contribution in [-0.4, -0.2) is 10.7 Å². The number of ketones is 1. The second-order valence-electron chi connectivity index (χ2n) is 4.44. The highest BCUT2D eigenvalue weighted by molar-refractivity contribution is 6.16. The highest BCUT2D eigenvalue weighted by Crippen LogP contribution is 2.31. The minimum absolute atomic E-state index is 0.0479. The smallest absolute Gasteiger partial charge is 0.280 e. The number of nitro groups is 1. The minimum atomic E-state index is -0.605. The van der Waals surface area contributed by atoms with E-state index in [4.69, 9.17) is 10.2 Å². The fraction of sp³-hybridized carbons (Fsp3) is 0. The zero-order valence-corrected chi connectivity index (χ0v) is 10.8. The van der Waals surface area contributed by atoms with E-state index in [9.17, 15) is 14.9 Å². The first kappa shape index (κ1) is 12.9. The fourth-order valence-corrected chi connectivity index (χ4v) is 2.18. The second kappa shape index (κ2) is 4.75. The topological polar surface area (TPSA) is 99.4 Å². The monoisotopic (exact) mass is 282 g/mol. The Balaban J connectivity index is 2.18. The van der Waals surface area contributed by atoms with E-state index in [0.29, 0.717) is 11.0 Å². The summed E-state index contributed by atoms with van der Waals surface area (Å²) in [7, 11) is 0. The van der Waals surface area contributed by atoms with Gasteiger partial charge in [-0.15, -0.1) is 0 Å². The summed E-state index contributed by atoms with van der Waals surface area (Å²) in [4.78, 5) is 22.9. The number of nitrogen functional groups attached to an aromatic ring is 1. The molecule has 0 aliphatic carbocycles. The third-order valence-corrected chi connectivity index (χ3v) is 3.19. The van der Waals surface area contributed by atoms with E-state index in [2.05, 4.69) is 0 Å². The summed E-state index contributed by atoms with van der Waals surface area (Å²) < 4.78 is 5.45. The van der Waals surface area contributed by atoms with Crippen molar-refractivity contribution < 1.29 is 14.1 Å². The van der Waals surface area contributed by atoms with Gasteiger partial charge in [0.2, 0.25) is 5.78 Å². The highest BCUT2D eigenvalue weighted by Gasteiger charge is 2.26. The van der Waals surface area contributed by atoms with Gasteiger partial charge >= 0.3 is 0 Å². The summed E-state index contributed by atoms with van der Waals surface area (Å²) in [5, 5.41) is 11.6. The van der Waals surface area contributed by atoms with Gasteiger partial charge in [-0.1, -0.05) is 24.3 Å². The van der Waals surface area contributed by atoms with Gasteiger partial charge in [-0.2, -0.15) is 0 Å². The van der Waals surface area contributed by atoms with Gasteiger partial charge in [0.15, 0.2) is 5.76 Å². The van der Waals surface area contributed by atoms with E-state index in [1.807, 2.05) is 0 Å². The van der Waals surface area contributed by atoms with Crippen LogP contribution in [0.5, 0.6) is 0 Å². The number of furan rings is 1. The van der Waals surface area contributed by atoms with Crippen LogP contribution in [0.4, 0.5) is 11.4 Å². The quantitative estimate of drug-likeness (QED) is 0.452. The average Bonchev–Trinajstić information content (AvgIpc) is 2.84. The van der Waals surface area contributed by atoms with Crippen molar-refractivity contribution in [1.29, 1.82) is 0 Å². The lowest BCUT2D eigenvalue weighted by atomic mass is 10.1. The molecule has 1 heterocycles. The molecule has 2 N–H and O–H groups in total. The van der Waals surface area contributed by atoms with Gasteiger partial charge in [-0.3, -0.25) is 14.9 Å². The van der Waals surface area contributed by atoms with E-state index < -0.39 is 10.7 Å². The van der Waals surface area contributed by atoms with E-state index in [0.717, 1.165) is 0 Å². The number of nitro benzene ring substituents is 1. The number of hydrogen-bond donors (Lipinski definition) is 1. The molecule has 0 spiro atoms. The molecule has 0 aliphatic rings. The Hall–Kier alpha value is -3.15. The van der Waals surface area contributed by atoms with Crippen LogP contribution in [0.25, 0.3) is 11.0 Å². The van der Waals surface area contributed by atoms with Crippen LogP contribution in [0.1, 0.15) is 16.1 Å². The van der Waals surface area contributed by atoms with Crippen molar-refractivity contribution in [2.75, 3.05) is 5.73 Å². The lowest BCUT2D eigenvalue weighted by Crippen LogP contribution is -2.06. The summed E-state index contributed by atoms with van der Waals surface area (Å²) in [6, 6.07) is 12.6. The molecule has 6 heteroatoms. The molecule has 0 fully saturated rings. The summed E-state index contributed by atoms with van der Waals surface area (Å²) >= 11 is 0. The number of carbonyl (C=O) groups is 1. The molecular formula is C15H10N2O4. The predicted octanol–water partition coefficient (Wildman–Crippen LogP) is 3.15. The van der Waals surface area contributed by atoms with E-state index in [1.54, 1.807) is 30.3 Å². The molecular weight excluding hydrogens is 272 g/mol.